The number of hydrogen-bond acceptors (Lipinski definition) is 2. The van der Waals surface area contributed by atoms with Gasteiger partial charge in [-0.2, -0.15) is 0 Å². The van der Waals surface area contributed by atoms with Crippen molar-refractivity contribution in [3.05, 3.63) is 11.6 Å². The molecule has 1 heterocycles. The molecule has 3 heteroatoms. The molecule has 0 bridgehead atoms. The molecule has 1 rings (SSSR count). The van der Waals surface area contributed by atoms with Gasteiger partial charge in [-0.1, -0.05) is 11.6 Å². The normalized spacial score (nSPS) is 24.7. The molecule has 1 fully saturated rings. The number of cyclic esters (lactones) is 1. The molecule has 0 spiro atoms. The van der Waals surface area contributed by atoms with Gasteiger partial charge < -0.3 is 10.1 Å². The molecule has 62 valence electrons. The Labute approximate surface area is 66.4 Å². The SMILES string of the molecule is CC=C(C)CC1COC(=O)N1. The molecular weight excluding hydrogens is 142 g/mol. The summed E-state index contributed by atoms with van der Waals surface area (Å²) in [7, 11) is 0. The zero-order valence-electron chi connectivity index (χ0n) is 6.89. The highest BCUT2D eigenvalue weighted by Gasteiger charge is 2.21. The van der Waals surface area contributed by atoms with E-state index in [-0.39, 0.29) is 12.1 Å². The maximum atomic E-state index is 10.6. The van der Waals surface area contributed by atoms with Crippen molar-refractivity contribution in [2.45, 2.75) is 26.3 Å². The van der Waals surface area contributed by atoms with Gasteiger partial charge in [-0.25, -0.2) is 4.79 Å². The highest BCUT2D eigenvalue weighted by molar-refractivity contribution is 5.69. The number of allylic oxidation sites excluding steroid dienone is 1. The van der Waals surface area contributed by atoms with E-state index >= 15 is 0 Å². The molecule has 0 saturated carbocycles. The molecule has 1 aliphatic rings. The summed E-state index contributed by atoms with van der Waals surface area (Å²) in [6, 6.07) is 0.179. The molecule has 11 heavy (non-hydrogen) atoms. The topological polar surface area (TPSA) is 38.3 Å². The lowest BCUT2D eigenvalue weighted by Crippen LogP contribution is -2.26. The van der Waals surface area contributed by atoms with Crippen LogP contribution < -0.4 is 5.32 Å². The predicted molar refractivity (Wildman–Crippen MR) is 42.3 cm³/mol. The van der Waals surface area contributed by atoms with Gasteiger partial charge in [0.1, 0.15) is 6.61 Å². The third-order valence-electron chi connectivity index (χ3n) is 1.80. The van der Waals surface area contributed by atoms with E-state index in [1.807, 2.05) is 19.9 Å². The predicted octanol–water partition coefficient (Wildman–Crippen LogP) is 1.45. The number of carbonyl (C=O) groups is 1. The first kappa shape index (κ1) is 8.11. The lowest BCUT2D eigenvalue weighted by Gasteiger charge is -2.05. The first-order chi connectivity index (χ1) is 5.22. The maximum absolute atomic E-state index is 10.6. The summed E-state index contributed by atoms with van der Waals surface area (Å²) in [5.74, 6) is 0. The van der Waals surface area contributed by atoms with Gasteiger partial charge in [-0.15, -0.1) is 0 Å². The molecule has 1 saturated heterocycles. The van der Waals surface area contributed by atoms with E-state index < -0.39 is 0 Å². The summed E-state index contributed by atoms with van der Waals surface area (Å²) in [6.07, 6.45) is 2.64. The van der Waals surface area contributed by atoms with Gasteiger partial charge >= 0.3 is 6.09 Å². The van der Waals surface area contributed by atoms with Gasteiger partial charge in [-0.3, -0.25) is 0 Å². The van der Waals surface area contributed by atoms with Crippen LogP contribution in [0.5, 0.6) is 0 Å². The fourth-order valence-corrected chi connectivity index (χ4v) is 1.04. The molecule has 1 atom stereocenters. The number of rotatable bonds is 2. The molecule has 1 unspecified atom stereocenters. The lowest BCUT2D eigenvalue weighted by atomic mass is 10.1. The summed E-state index contributed by atoms with van der Waals surface area (Å²) in [4.78, 5) is 10.6. The van der Waals surface area contributed by atoms with Crippen molar-refractivity contribution in [1.29, 1.82) is 0 Å². The number of amides is 1. The fourth-order valence-electron chi connectivity index (χ4n) is 1.04. The third kappa shape index (κ3) is 2.26. The molecule has 1 N–H and O–H groups in total. The largest absolute Gasteiger partial charge is 0.447 e. The van der Waals surface area contributed by atoms with Crippen molar-refractivity contribution in [1.82, 2.24) is 5.32 Å². The van der Waals surface area contributed by atoms with Crippen LogP contribution in [-0.2, 0) is 4.74 Å². The van der Waals surface area contributed by atoms with Gasteiger partial charge in [0.2, 0.25) is 0 Å². The fraction of sp³-hybridized carbons (Fsp3) is 0.625. The van der Waals surface area contributed by atoms with Crippen molar-refractivity contribution < 1.29 is 9.53 Å². The monoisotopic (exact) mass is 155 g/mol. The summed E-state index contributed by atoms with van der Waals surface area (Å²) in [5, 5.41) is 2.72. The average molecular weight is 155 g/mol. The molecule has 0 aromatic rings. The van der Waals surface area contributed by atoms with Crippen LogP contribution in [0.4, 0.5) is 4.79 Å². The van der Waals surface area contributed by atoms with E-state index in [1.54, 1.807) is 0 Å². The Morgan fingerprint density at radius 1 is 1.91 bits per heavy atom. The number of carbonyl (C=O) groups excluding carboxylic acids is 1. The minimum absolute atomic E-state index is 0.179. The van der Waals surface area contributed by atoms with Crippen LogP contribution in [0.1, 0.15) is 20.3 Å². The zero-order chi connectivity index (χ0) is 8.27. The Kier molecular flexibility index (Phi) is 2.52. The van der Waals surface area contributed by atoms with Crippen LogP contribution in [0, 0.1) is 0 Å². The van der Waals surface area contributed by atoms with Crippen LogP contribution in [-0.4, -0.2) is 18.7 Å². The molecule has 0 aliphatic carbocycles. The Balaban J connectivity index is 2.34. The molecule has 1 amide bonds. The van der Waals surface area contributed by atoms with Gasteiger partial charge in [0.25, 0.3) is 0 Å². The molecule has 3 nitrogen and oxygen atoms in total. The highest BCUT2D eigenvalue weighted by Crippen LogP contribution is 2.08. The van der Waals surface area contributed by atoms with Crippen LogP contribution in [0.2, 0.25) is 0 Å². The summed E-state index contributed by atoms with van der Waals surface area (Å²) in [5.41, 5.74) is 1.28. The molecular formula is C8H13NO2. The second-order valence-electron chi connectivity index (χ2n) is 2.78. The first-order valence-corrected chi connectivity index (χ1v) is 3.77. The van der Waals surface area contributed by atoms with Crippen molar-refractivity contribution in [2.24, 2.45) is 0 Å². The van der Waals surface area contributed by atoms with E-state index in [4.69, 9.17) is 4.74 Å². The average Bonchev–Trinajstić information content (AvgIpc) is 2.35. The minimum Gasteiger partial charge on any atom is -0.447 e. The summed E-state index contributed by atoms with van der Waals surface area (Å²) < 4.78 is 4.73. The molecule has 0 aromatic heterocycles. The quantitative estimate of drug-likeness (QED) is 0.613. The summed E-state index contributed by atoms with van der Waals surface area (Å²) >= 11 is 0. The van der Waals surface area contributed by atoms with Crippen molar-refractivity contribution in [2.75, 3.05) is 6.61 Å². The van der Waals surface area contributed by atoms with E-state index in [0.717, 1.165) is 6.42 Å². The van der Waals surface area contributed by atoms with Gasteiger partial charge in [0, 0.05) is 0 Å². The number of nitrogens with one attached hydrogen (secondary N) is 1. The molecule has 1 aliphatic heterocycles. The Morgan fingerprint density at radius 2 is 2.64 bits per heavy atom. The second kappa shape index (κ2) is 3.42. The van der Waals surface area contributed by atoms with Crippen molar-refractivity contribution in [3.63, 3.8) is 0 Å². The lowest BCUT2D eigenvalue weighted by molar-refractivity contribution is 0.177. The number of ether oxygens (including phenoxy) is 1. The smallest absolute Gasteiger partial charge is 0.407 e. The van der Waals surface area contributed by atoms with Crippen molar-refractivity contribution >= 4 is 6.09 Å². The Morgan fingerprint density at radius 3 is 3.09 bits per heavy atom. The Bertz CT molecular complexity index is 187. The second-order valence-corrected chi connectivity index (χ2v) is 2.78. The van der Waals surface area contributed by atoms with E-state index in [9.17, 15) is 4.79 Å². The minimum atomic E-state index is -0.293. The zero-order valence-corrected chi connectivity index (χ0v) is 6.89. The highest BCUT2D eigenvalue weighted by atomic mass is 16.6. The van der Waals surface area contributed by atoms with Gasteiger partial charge in [-0.05, 0) is 20.3 Å². The maximum Gasteiger partial charge on any atom is 0.407 e. The van der Waals surface area contributed by atoms with Crippen LogP contribution in [0.15, 0.2) is 11.6 Å². The van der Waals surface area contributed by atoms with Crippen molar-refractivity contribution in [3.8, 4) is 0 Å². The molecule has 0 aromatic carbocycles. The Hall–Kier alpha value is -0.990. The van der Waals surface area contributed by atoms with E-state index in [2.05, 4.69) is 5.32 Å². The van der Waals surface area contributed by atoms with Crippen LogP contribution >= 0.6 is 0 Å². The van der Waals surface area contributed by atoms with Crippen LogP contribution in [0.3, 0.4) is 0 Å². The molecule has 0 radical (unpaired) electrons. The van der Waals surface area contributed by atoms with E-state index in [1.165, 1.54) is 5.57 Å². The number of hydrogen-bond donors (Lipinski definition) is 1. The first-order valence-electron chi connectivity index (χ1n) is 3.77. The summed E-state index contributed by atoms with van der Waals surface area (Å²) in [6.45, 7) is 4.54. The number of alkyl carbamates (subject to hydrolysis) is 1. The van der Waals surface area contributed by atoms with Gasteiger partial charge in [0.05, 0.1) is 6.04 Å². The third-order valence-corrected chi connectivity index (χ3v) is 1.80. The van der Waals surface area contributed by atoms with E-state index in [0.29, 0.717) is 6.61 Å². The van der Waals surface area contributed by atoms with Gasteiger partial charge in [0.15, 0.2) is 0 Å². The van der Waals surface area contributed by atoms with Crippen LogP contribution in [0.25, 0.3) is 0 Å². The standard InChI is InChI=1S/C8H13NO2/c1-3-6(2)4-7-5-11-8(10)9-7/h3,7H,4-5H2,1-2H3,(H,9,10).